The number of carboxylic acid groups (broad SMARTS) is 2. The van der Waals surface area contributed by atoms with E-state index in [-0.39, 0.29) is 50.3 Å². The first kappa shape index (κ1) is 71.0. The first-order valence-corrected chi connectivity index (χ1v) is 31.1. The fourth-order valence-corrected chi connectivity index (χ4v) is 11.4. The number of amides is 6. The highest BCUT2D eigenvalue weighted by Gasteiger charge is 2.57. The summed E-state index contributed by atoms with van der Waals surface area (Å²) < 4.78 is 23.0. The largest absolute Gasteiger partial charge is 0.477 e. The second-order valence-corrected chi connectivity index (χ2v) is 23.7. The van der Waals surface area contributed by atoms with Gasteiger partial charge in [0.05, 0.1) is 49.7 Å². The van der Waals surface area contributed by atoms with Crippen molar-refractivity contribution in [2.24, 2.45) is 0 Å². The van der Waals surface area contributed by atoms with Gasteiger partial charge in [-0.2, -0.15) is 23.5 Å². The maximum atomic E-state index is 13.0. The third-order valence-electron chi connectivity index (χ3n) is 14.4. The second-order valence-electron chi connectivity index (χ2n) is 21.2. The van der Waals surface area contributed by atoms with Crippen molar-refractivity contribution in [1.29, 1.82) is 0 Å². The highest BCUT2D eigenvalue weighted by molar-refractivity contribution is 7.99. The lowest BCUT2D eigenvalue weighted by molar-refractivity contribution is -0.310. The molecular formula is C61H78N6O20S2. The molecular weight excluding hydrogens is 1200 g/mol. The maximum absolute atomic E-state index is 13.0. The lowest BCUT2D eigenvalue weighted by Crippen LogP contribution is -2.68. The van der Waals surface area contributed by atoms with Crippen LogP contribution in [0.25, 0.3) is 22.3 Å². The number of aliphatic hydroxyl groups is 6. The summed E-state index contributed by atoms with van der Waals surface area (Å²) in [6.45, 7) is 1.23. The van der Waals surface area contributed by atoms with Gasteiger partial charge in [-0.25, -0.2) is 9.59 Å². The van der Waals surface area contributed by atoms with Gasteiger partial charge in [0.2, 0.25) is 23.6 Å². The topological polar surface area (TPSA) is 408 Å². The number of rotatable bonds is 34. The van der Waals surface area contributed by atoms with E-state index in [0.717, 1.165) is 36.1 Å². The summed E-state index contributed by atoms with van der Waals surface area (Å²) >= 11 is 2.76. The molecule has 12 atom stereocenters. The third kappa shape index (κ3) is 21.0. The van der Waals surface area contributed by atoms with Crippen molar-refractivity contribution in [3.63, 3.8) is 0 Å². The summed E-state index contributed by atoms with van der Waals surface area (Å²) in [5.41, 5.74) is 4.14. The summed E-state index contributed by atoms with van der Waals surface area (Å²) in [6.07, 6.45) is -15.3. The molecule has 0 aliphatic carbocycles. The van der Waals surface area contributed by atoms with E-state index in [1.807, 2.05) is 60.7 Å². The van der Waals surface area contributed by atoms with Gasteiger partial charge >= 0.3 is 11.9 Å². The van der Waals surface area contributed by atoms with Crippen molar-refractivity contribution < 1.29 is 98.2 Å². The zero-order valence-electron chi connectivity index (χ0n) is 49.1. The Labute approximate surface area is 522 Å². The number of hydrogen-bond acceptors (Lipinski definition) is 20. The van der Waals surface area contributed by atoms with Gasteiger partial charge in [0.15, 0.2) is 0 Å². The number of aliphatic hydroxyl groups excluding tert-OH is 6. The van der Waals surface area contributed by atoms with Crippen LogP contribution >= 0.6 is 23.5 Å². The third-order valence-corrected chi connectivity index (χ3v) is 16.6. The molecule has 2 fully saturated rings. The monoisotopic (exact) mass is 1280 g/mol. The number of nitrogens with one attached hydrogen (secondary N) is 6. The van der Waals surface area contributed by atoms with Crippen LogP contribution in [0.15, 0.2) is 109 Å². The minimum Gasteiger partial charge on any atom is -0.477 e. The molecule has 0 aromatic heterocycles. The van der Waals surface area contributed by atoms with Crippen LogP contribution in [0.2, 0.25) is 0 Å². The molecule has 4 aromatic carbocycles. The van der Waals surface area contributed by atoms with Crippen molar-refractivity contribution in [2.75, 3.05) is 62.4 Å². The Morgan fingerprint density at radius 2 is 0.865 bits per heavy atom. The highest BCUT2D eigenvalue weighted by Crippen LogP contribution is 2.36. The van der Waals surface area contributed by atoms with Crippen molar-refractivity contribution in [2.45, 2.75) is 118 Å². The maximum Gasteiger partial charge on any atom is 0.364 e. The Balaban J connectivity index is 0.847. The van der Waals surface area contributed by atoms with Crippen LogP contribution in [0, 0.1) is 0 Å². The summed E-state index contributed by atoms with van der Waals surface area (Å²) in [5.74, 6) is -10.1. The number of ether oxygens (including phenoxy) is 4. The summed E-state index contributed by atoms with van der Waals surface area (Å²) in [4.78, 5) is 100. The molecule has 2 aliphatic rings. The average Bonchev–Trinajstić information content (AvgIpc) is 0.937. The number of aliphatic carboxylic acids is 2. The summed E-state index contributed by atoms with van der Waals surface area (Å²) in [6, 6.07) is 29.6. The van der Waals surface area contributed by atoms with Gasteiger partial charge in [-0.1, -0.05) is 84.9 Å². The van der Waals surface area contributed by atoms with Gasteiger partial charge in [-0.05, 0) is 70.9 Å². The van der Waals surface area contributed by atoms with Crippen molar-refractivity contribution >= 4 is 70.9 Å². The summed E-state index contributed by atoms with van der Waals surface area (Å²) in [5, 5.41) is 103. The first-order chi connectivity index (χ1) is 42.5. The number of carboxylic acids is 2. The first-order valence-electron chi connectivity index (χ1n) is 28.8. The molecule has 6 rings (SSSR count). The molecule has 2 saturated heterocycles. The molecule has 89 heavy (non-hydrogen) atoms. The SMILES string of the molecule is CC(=O)N[C@H]1[C@H]([C@H](O)[C@H](O)CNC(=O)c2ccc(-c3ccccc3)cc2)O[C@@](OCCCSCCNC(=O)CC(=O)NCCSCCCO[C@]2(C(=O)O)C[C@H](O)[C@@H](NC(C)=O)[C@H]([C@H](O)[C@H](O)CNC(=O)c3ccc(-c4ccccc4)cc3)O2)(C(=O)O)C[C@@H]1O. The quantitative estimate of drug-likeness (QED) is 0.0222. The molecule has 484 valence electrons. The number of benzene rings is 4. The van der Waals surface area contributed by atoms with E-state index in [1.54, 1.807) is 48.5 Å². The van der Waals surface area contributed by atoms with Crippen LogP contribution in [0.3, 0.4) is 0 Å². The molecule has 0 bridgehead atoms. The molecule has 0 radical (unpaired) electrons. The predicted molar refractivity (Wildman–Crippen MR) is 326 cm³/mol. The van der Waals surface area contributed by atoms with E-state index in [1.165, 1.54) is 23.5 Å². The fraction of sp³-hybridized carbons (Fsp3) is 0.475. The van der Waals surface area contributed by atoms with E-state index >= 15 is 0 Å². The predicted octanol–water partition coefficient (Wildman–Crippen LogP) is 0.397. The van der Waals surface area contributed by atoms with E-state index in [4.69, 9.17) is 18.9 Å². The number of thioether (sulfide) groups is 2. The van der Waals surface area contributed by atoms with E-state index in [9.17, 15) is 79.2 Å². The molecule has 2 heterocycles. The fourth-order valence-electron chi connectivity index (χ4n) is 9.86. The average molecular weight is 1280 g/mol. The van der Waals surface area contributed by atoms with Gasteiger partial charge in [0.1, 0.15) is 30.8 Å². The van der Waals surface area contributed by atoms with Crippen LogP contribution in [0.5, 0.6) is 0 Å². The zero-order chi connectivity index (χ0) is 64.7. The lowest BCUT2D eigenvalue weighted by atomic mass is 9.88. The van der Waals surface area contributed by atoms with Crippen molar-refractivity contribution in [3.05, 3.63) is 120 Å². The molecule has 4 aromatic rings. The van der Waals surface area contributed by atoms with E-state index in [2.05, 4.69) is 31.9 Å². The molecule has 28 heteroatoms. The molecule has 0 spiro atoms. The Morgan fingerprint density at radius 1 is 0.517 bits per heavy atom. The van der Waals surface area contributed by atoms with E-state index < -0.39 is 152 Å². The van der Waals surface area contributed by atoms with Crippen LogP contribution in [-0.2, 0) is 47.7 Å². The molecule has 0 unspecified atom stereocenters. The minimum absolute atomic E-state index is 0.190. The van der Waals surface area contributed by atoms with Crippen molar-refractivity contribution in [3.8, 4) is 22.3 Å². The minimum atomic E-state index is -2.50. The number of carbonyl (C=O) groups is 8. The summed E-state index contributed by atoms with van der Waals surface area (Å²) in [7, 11) is 0. The smallest absolute Gasteiger partial charge is 0.364 e. The normalized spacial score (nSPS) is 22.9. The lowest BCUT2D eigenvalue weighted by Gasteiger charge is -2.46. The van der Waals surface area contributed by atoms with Crippen molar-refractivity contribution in [1.82, 2.24) is 31.9 Å². The second kappa shape index (κ2) is 34.8. The highest BCUT2D eigenvalue weighted by atomic mass is 32.2. The molecule has 26 nitrogen and oxygen atoms in total. The molecule has 2 aliphatic heterocycles. The Kier molecular flexibility index (Phi) is 27.8. The Hall–Kier alpha value is -7.06. The van der Waals surface area contributed by atoms with Crippen LogP contribution < -0.4 is 31.9 Å². The Morgan fingerprint density at radius 3 is 1.20 bits per heavy atom. The van der Waals surface area contributed by atoms with Crippen LogP contribution in [-0.4, -0.2) is 223 Å². The standard InChI is InChI=1S/C61H78N6O20S2/c1-36(68)66-50-44(70)32-60(58(80)81,86-54(50)52(76)46(72)34-64-56(78)42-19-15-40(16-20-42)38-11-5-3-6-12-38)84-25-9-27-88-29-23-62-48(74)31-49(75)63-24-30-89-28-10-26-85-61(59(82)83)33-45(71)51(67-37(2)69)55(87-61)53(77)47(73)35-65-57(79)43-21-17-41(18-22-43)39-13-7-4-8-14-39/h3-8,11-22,44-47,50-55,70-73,76-77H,9-10,23-35H2,1-2H3,(H,62,74)(H,63,75)(H,64,78)(H,65,79)(H,66,68)(H,67,69)(H,80,81)(H,82,83)/t44-,45-,46+,47+,50+,51+,52+,53+,54+,55+,60+,61+/m0/s1. The van der Waals surface area contributed by atoms with Crippen LogP contribution in [0.4, 0.5) is 0 Å². The van der Waals surface area contributed by atoms with Gasteiger partial charge in [0, 0.05) is 75.5 Å². The zero-order valence-corrected chi connectivity index (χ0v) is 50.7. The van der Waals surface area contributed by atoms with Gasteiger partial charge in [0.25, 0.3) is 23.4 Å². The molecule has 0 saturated carbocycles. The molecule has 14 N–H and O–H groups in total. The number of hydrogen-bond donors (Lipinski definition) is 14. The van der Waals surface area contributed by atoms with Gasteiger partial charge in [-0.15, -0.1) is 0 Å². The van der Waals surface area contributed by atoms with E-state index in [0.29, 0.717) is 23.0 Å². The Bertz CT molecular complexity index is 2780. The molecule has 6 amide bonds. The van der Waals surface area contributed by atoms with Gasteiger partial charge in [-0.3, -0.25) is 28.8 Å². The number of carbonyl (C=O) groups excluding carboxylic acids is 6. The van der Waals surface area contributed by atoms with Crippen LogP contribution in [0.1, 0.15) is 66.7 Å². The van der Waals surface area contributed by atoms with Gasteiger partial charge < -0.3 is 91.7 Å².